The maximum absolute atomic E-state index is 10.4. The van der Waals surface area contributed by atoms with Crippen molar-refractivity contribution in [3.8, 4) is 0 Å². The van der Waals surface area contributed by atoms with Crippen molar-refractivity contribution >= 4 is 18.3 Å². The standard InChI is InChI=1S/C6H12N2O.ClH/c1-4(9)8-6-2-5(7)3-6;/h5-6H,2-3,7H2,1H3,(H,8,9);1H. The van der Waals surface area contributed by atoms with Crippen LogP contribution < -0.4 is 11.1 Å². The van der Waals surface area contributed by atoms with Gasteiger partial charge in [-0.15, -0.1) is 12.4 Å². The van der Waals surface area contributed by atoms with Crippen molar-refractivity contribution in [1.82, 2.24) is 5.32 Å². The molecule has 0 radical (unpaired) electrons. The fourth-order valence-electron chi connectivity index (χ4n) is 1.07. The number of hydrogen-bond donors (Lipinski definition) is 2. The van der Waals surface area contributed by atoms with Crippen LogP contribution in [0.15, 0.2) is 0 Å². The summed E-state index contributed by atoms with van der Waals surface area (Å²) in [6.07, 6.45) is 1.89. The summed E-state index contributed by atoms with van der Waals surface area (Å²) in [6.45, 7) is 1.53. The molecule has 0 unspecified atom stereocenters. The van der Waals surface area contributed by atoms with Crippen LogP contribution in [0, 0.1) is 0 Å². The summed E-state index contributed by atoms with van der Waals surface area (Å²) in [5.74, 6) is 0.0481. The zero-order valence-corrected chi connectivity index (χ0v) is 6.78. The minimum atomic E-state index is 0. The summed E-state index contributed by atoms with van der Waals surface area (Å²) in [6, 6.07) is 0.680. The molecular weight excluding hydrogens is 152 g/mol. The molecule has 1 aliphatic carbocycles. The molecule has 10 heavy (non-hydrogen) atoms. The highest BCUT2D eigenvalue weighted by atomic mass is 35.5. The highest BCUT2D eigenvalue weighted by Crippen LogP contribution is 2.16. The van der Waals surface area contributed by atoms with Gasteiger partial charge in [0.15, 0.2) is 0 Å². The van der Waals surface area contributed by atoms with Crippen LogP contribution in [-0.2, 0) is 4.79 Å². The first kappa shape index (κ1) is 9.72. The van der Waals surface area contributed by atoms with Crippen LogP contribution >= 0.6 is 12.4 Å². The van der Waals surface area contributed by atoms with E-state index in [9.17, 15) is 4.79 Å². The molecule has 0 spiro atoms. The van der Waals surface area contributed by atoms with E-state index in [1.807, 2.05) is 0 Å². The second kappa shape index (κ2) is 3.78. The van der Waals surface area contributed by atoms with Gasteiger partial charge in [-0.3, -0.25) is 4.79 Å². The molecule has 60 valence electrons. The predicted octanol–water partition coefficient (Wildman–Crippen LogP) is 0.0340. The Labute approximate surface area is 66.8 Å². The Morgan fingerprint density at radius 3 is 2.40 bits per heavy atom. The summed E-state index contributed by atoms with van der Waals surface area (Å²) in [7, 11) is 0. The van der Waals surface area contributed by atoms with Crippen molar-refractivity contribution in [2.75, 3.05) is 0 Å². The van der Waals surface area contributed by atoms with Crippen LogP contribution in [0.2, 0.25) is 0 Å². The second-order valence-corrected chi connectivity index (χ2v) is 2.63. The Morgan fingerprint density at radius 2 is 2.10 bits per heavy atom. The first-order chi connectivity index (χ1) is 4.18. The average Bonchev–Trinajstić information content (AvgIpc) is 1.60. The molecule has 0 saturated heterocycles. The van der Waals surface area contributed by atoms with Gasteiger partial charge in [-0.05, 0) is 12.8 Å². The SMILES string of the molecule is CC(=O)NC1CC(N)C1.Cl. The molecule has 0 aromatic carbocycles. The highest BCUT2D eigenvalue weighted by molar-refractivity contribution is 5.85. The van der Waals surface area contributed by atoms with E-state index in [0.717, 1.165) is 12.8 Å². The third-order valence-corrected chi connectivity index (χ3v) is 1.58. The first-order valence-corrected chi connectivity index (χ1v) is 3.21. The Balaban J connectivity index is 0.000000810. The lowest BCUT2D eigenvalue weighted by Gasteiger charge is -2.32. The molecule has 0 heterocycles. The quantitative estimate of drug-likeness (QED) is 0.575. The molecule has 1 amide bonds. The van der Waals surface area contributed by atoms with Crippen LogP contribution in [0.4, 0.5) is 0 Å². The fourth-order valence-corrected chi connectivity index (χ4v) is 1.07. The molecule has 1 fully saturated rings. The Morgan fingerprint density at radius 1 is 1.60 bits per heavy atom. The Kier molecular flexibility index (Phi) is 3.68. The number of carbonyl (C=O) groups excluding carboxylic acids is 1. The normalized spacial score (nSPS) is 29.8. The summed E-state index contributed by atoms with van der Waals surface area (Å²) < 4.78 is 0. The fraction of sp³-hybridized carbons (Fsp3) is 0.833. The highest BCUT2D eigenvalue weighted by Gasteiger charge is 2.25. The predicted molar refractivity (Wildman–Crippen MR) is 42.1 cm³/mol. The molecule has 0 bridgehead atoms. The van der Waals surface area contributed by atoms with Gasteiger partial charge >= 0.3 is 0 Å². The van der Waals surface area contributed by atoms with Crippen molar-refractivity contribution in [2.24, 2.45) is 5.73 Å². The van der Waals surface area contributed by atoms with E-state index in [0.29, 0.717) is 12.1 Å². The topological polar surface area (TPSA) is 55.1 Å². The molecule has 3 N–H and O–H groups in total. The molecule has 1 aliphatic rings. The first-order valence-electron chi connectivity index (χ1n) is 3.21. The Bertz CT molecular complexity index is 123. The van der Waals surface area contributed by atoms with Crippen molar-refractivity contribution in [2.45, 2.75) is 31.8 Å². The van der Waals surface area contributed by atoms with E-state index in [2.05, 4.69) is 5.32 Å². The monoisotopic (exact) mass is 164 g/mol. The van der Waals surface area contributed by atoms with Gasteiger partial charge in [0.25, 0.3) is 0 Å². The van der Waals surface area contributed by atoms with Crippen LogP contribution in [0.25, 0.3) is 0 Å². The summed E-state index contributed by atoms with van der Waals surface area (Å²) in [5, 5.41) is 2.79. The Hall–Kier alpha value is -0.280. The lowest BCUT2D eigenvalue weighted by Crippen LogP contribution is -2.49. The van der Waals surface area contributed by atoms with E-state index in [1.54, 1.807) is 0 Å². The number of rotatable bonds is 1. The third-order valence-electron chi connectivity index (χ3n) is 1.58. The van der Waals surface area contributed by atoms with Crippen LogP contribution in [-0.4, -0.2) is 18.0 Å². The lowest BCUT2D eigenvalue weighted by atomic mass is 9.88. The number of carbonyl (C=O) groups is 1. The van der Waals surface area contributed by atoms with Crippen LogP contribution in [0.3, 0.4) is 0 Å². The summed E-state index contributed by atoms with van der Waals surface area (Å²) in [4.78, 5) is 10.4. The van der Waals surface area contributed by atoms with Gasteiger partial charge in [-0.25, -0.2) is 0 Å². The molecule has 0 aromatic heterocycles. The van der Waals surface area contributed by atoms with E-state index < -0.39 is 0 Å². The van der Waals surface area contributed by atoms with Gasteiger partial charge in [0.2, 0.25) is 5.91 Å². The van der Waals surface area contributed by atoms with E-state index in [1.165, 1.54) is 6.92 Å². The number of amides is 1. The average molecular weight is 165 g/mol. The number of hydrogen-bond acceptors (Lipinski definition) is 2. The minimum absolute atomic E-state index is 0. The maximum atomic E-state index is 10.4. The minimum Gasteiger partial charge on any atom is -0.353 e. The molecule has 1 saturated carbocycles. The van der Waals surface area contributed by atoms with Crippen molar-refractivity contribution in [1.29, 1.82) is 0 Å². The molecule has 0 aliphatic heterocycles. The number of nitrogens with two attached hydrogens (primary N) is 1. The van der Waals surface area contributed by atoms with Crippen molar-refractivity contribution in [3.05, 3.63) is 0 Å². The number of halogens is 1. The zero-order valence-electron chi connectivity index (χ0n) is 5.96. The van der Waals surface area contributed by atoms with Gasteiger partial charge in [0.1, 0.15) is 0 Å². The molecule has 0 atom stereocenters. The second-order valence-electron chi connectivity index (χ2n) is 2.63. The van der Waals surface area contributed by atoms with Gasteiger partial charge in [0.05, 0.1) is 0 Å². The molecule has 4 heteroatoms. The molecule has 1 rings (SSSR count). The smallest absolute Gasteiger partial charge is 0.217 e. The van der Waals surface area contributed by atoms with Crippen molar-refractivity contribution < 1.29 is 4.79 Å². The summed E-state index contributed by atoms with van der Waals surface area (Å²) >= 11 is 0. The third kappa shape index (κ3) is 2.54. The molecular formula is C6H13ClN2O. The maximum Gasteiger partial charge on any atom is 0.217 e. The van der Waals surface area contributed by atoms with Crippen molar-refractivity contribution in [3.63, 3.8) is 0 Å². The van der Waals surface area contributed by atoms with Gasteiger partial charge in [-0.2, -0.15) is 0 Å². The molecule has 3 nitrogen and oxygen atoms in total. The number of nitrogens with one attached hydrogen (secondary N) is 1. The van der Waals surface area contributed by atoms with Gasteiger partial charge in [0, 0.05) is 19.0 Å². The van der Waals surface area contributed by atoms with E-state index in [-0.39, 0.29) is 18.3 Å². The zero-order chi connectivity index (χ0) is 6.85. The van der Waals surface area contributed by atoms with Crippen LogP contribution in [0.5, 0.6) is 0 Å². The van der Waals surface area contributed by atoms with Gasteiger partial charge < -0.3 is 11.1 Å². The largest absolute Gasteiger partial charge is 0.353 e. The van der Waals surface area contributed by atoms with E-state index >= 15 is 0 Å². The molecule has 0 aromatic rings. The van der Waals surface area contributed by atoms with E-state index in [4.69, 9.17) is 5.73 Å². The summed E-state index contributed by atoms with van der Waals surface area (Å²) in [5.41, 5.74) is 5.49. The van der Waals surface area contributed by atoms with Crippen LogP contribution in [0.1, 0.15) is 19.8 Å². The lowest BCUT2D eigenvalue weighted by molar-refractivity contribution is -0.120. The van der Waals surface area contributed by atoms with Gasteiger partial charge in [-0.1, -0.05) is 0 Å².